The van der Waals surface area contributed by atoms with Crippen LogP contribution in [0.3, 0.4) is 0 Å². The van der Waals surface area contributed by atoms with Gasteiger partial charge in [-0.2, -0.15) is 0 Å². The predicted molar refractivity (Wildman–Crippen MR) is 82.4 cm³/mol. The predicted octanol–water partition coefficient (Wildman–Crippen LogP) is 2.09. The summed E-state index contributed by atoms with van der Waals surface area (Å²) in [5, 5.41) is 13.2. The average molecular weight is 292 g/mol. The van der Waals surface area contributed by atoms with Crippen molar-refractivity contribution in [3.8, 4) is 5.75 Å². The summed E-state index contributed by atoms with van der Waals surface area (Å²) in [6, 6.07) is 5.16. The average Bonchev–Trinajstić information content (AvgIpc) is 2.46. The lowest BCUT2D eigenvalue weighted by atomic mass is 9.85. The van der Waals surface area contributed by atoms with E-state index in [-0.39, 0.29) is 12.5 Å². The minimum Gasteiger partial charge on any atom is -0.493 e. The number of nitrogens with two attached hydrogens (primary N) is 1. The highest BCUT2D eigenvalue weighted by atomic mass is 16.5. The van der Waals surface area contributed by atoms with Gasteiger partial charge in [-0.05, 0) is 31.9 Å². The van der Waals surface area contributed by atoms with E-state index in [0.29, 0.717) is 23.6 Å². The van der Waals surface area contributed by atoms with Gasteiger partial charge in [0.2, 0.25) is 0 Å². The second-order valence-corrected chi connectivity index (χ2v) is 5.62. The van der Waals surface area contributed by atoms with E-state index >= 15 is 0 Å². The Kier molecular flexibility index (Phi) is 5.07. The first-order chi connectivity index (χ1) is 10.1. The van der Waals surface area contributed by atoms with E-state index < -0.39 is 5.60 Å². The Hall–Kier alpha value is -1.75. The minimum atomic E-state index is -0.788. The molecule has 0 unspecified atom stereocenters. The van der Waals surface area contributed by atoms with Crippen LogP contribution in [0.1, 0.15) is 49.4 Å². The molecule has 1 saturated carbocycles. The fraction of sp³-hybridized carbons (Fsp3) is 0.562. The molecule has 0 heterocycles. The smallest absolute Gasteiger partial charge is 0.257 e. The fourth-order valence-electron chi connectivity index (χ4n) is 2.79. The zero-order valence-corrected chi connectivity index (χ0v) is 12.5. The molecule has 5 nitrogen and oxygen atoms in total. The molecule has 1 aliphatic carbocycles. The van der Waals surface area contributed by atoms with Crippen molar-refractivity contribution in [3.05, 3.63) is 23.8 Å². The Bertz CT molecular complexity index is 496. The molecule has 0 radical (unpaired) electrons. The van der Waals surface area contributed by atoms with Crippen LogP contribution in [0.25, 0.3) is 0 Å². The number of hydrogen-bond donors (Lipinski definition) is 3. The Morgan fingerprint density at radius 2 is 2.10 bits per heavy atom. The number of aliphatic hydroxyl groups is 1. The lowest BCUT2D eigenvalue weighted by molar-refractivity contribution is 0.00523. The lowest BCUT2D eigenvalue weighted by Gasteiger charge is -2.32. The molecule has 116 valence electrons. The van der Waals surface area contributed by atoms with Crippen molar-refractivity contribution in [2.75, 3.05) is 18.9 Å². The van der Waals surface area contributed by atoms with Crippen LogP contribution in [0.4, 0.5) is 5.69 Å². The molecule has 0 aromatic heterocycles. The second-order valence-electron chi connectivity index (χ2n) is 5.62. The normalized spacial score (nSPS) is 17.2. The van der Waals surface area contributed by atoms with Gasteiger partial charge in [-0.25, -0.2) is 0 Å². The van der Waals surface area contributed by atoms with E-state index in [9.17, 15) is 9.90 Å². The van der Waals surface area contributed by atoms with E-state index in [2.05, 4.69) is 5.32 Å². The van der Waals surface area contributed by atoms with Gasteiger partial charge < -0.3 is 20.9 Å². The van der Waals surface area contributed by atoms with Crippen molar-refractivity contribution < 1.29 is 14.6 Å². The number of nitrogens with one attached hydrogen (secondary N) is 1. The molecular formula is C16H24N2O3. The minimum absolute atomic E-state index is 0.256. The van der Waals surface area contributed by atoms with Crippen molar-refractivity contribution in [1.82, 2.24) is 5.32 Å². The van der Waals surface area contributed by atoms with Gasteiger partial charge in [0.15, 0.2) is 0 Å². The fourth-order valence-corrected chi connectivity index (χ4v) is 2.79. The monoisotopic (exact) mass is 292 g/mol. The maximum absolute atomic E-state index is 12.4. The summed E-state index contributed by atoms with van der Waals surface area (Å²) in [5.41, 5.74) is 5.83. The van der Waals surface area contributed by atoms with Gasteiger partial charge in [0.1, 0.15) is 11.3 Å². The molecule has 5 heteroatoms. The number of carbonyl (C=O) groups excluding carboxylic acids is 1. The first-order valence-corrected chi connectivity index (χ1v) is 7.57. The summed E-state index contributed by atoms with van der Waals surface area (Å²) < 4.78 is 5.45. The standard InChI is InChI=1S/C16H24N2O3/c1-2-21-13-8-6-7-12(17)14(13)15(19)18-11-16(20)9-4-3-5-10-16/h6-8,20H,2-5,9-11,17H2,1H3,(H,18,19). The Labute approximate surface area is 125 Å². The molecule has 1 amide bonds. The molecule has 0 spiro atoms. The molecule has 2 rings (SSSR count). The summed E-state index contributed by atoms with van der Waals surface area (Å²) in [6.07, 6.45) is 4.62. The van der Waals surface area contributed by atoms with Gasteiger partial charge in [-0.1, -0.05) is 25.3 Å². The molecule has 1 aromatic carbocycles. The molecule has 0 atom stereocenters. The summed E-state index contributed by atoms with van der Waals surface area (Å²) in [7, 11) is 0. The third-order valence-corrected chi connectivity index (χ3v) is 3.95. The zero-order chi connectivity index (χ0) is 15.3. The van der Waals surface area contributed by atoms with Crippen LogP contribution in [-0.2, 0) is 0 Å². The van der Waals surface area contributed by atoms with E-state index in [1.165, 1.54) is 0 Å². The quantitative estimate of drug-likeness (QED) is 0.726. The molecule has 1 aromatic rings. The Morgan fingerprint density at radius 1 is 1.38 bits per heavy atom. The highest BCUT2D eigenvalue weighted by Gasteiger charge is 2.30. The number of ether oxygens (including phenoxy) is 1. The summed E-state index contributed by atoms with van der Waals surface area (Å²) in [6.45, 7) is 2.58. The molecule has 0 bridgehead atoms. The van der Waals surface area contributed by atoms with Gasteiger partial charge in [0.05, 0.1) is 12.2 Å². The van der Waals surface area contributed by atoms with Crippen molar-refractivity contribution in [2.24, 2.45) is 0 Å². The SMILES string of the molecule is CCOc1cccc(N)c1C(=O)NCC1(O)CCCCC1. The van der Waals surface area contributed by atoms with E-state index in [1.807, 2.05) is 6.92 Å². The molecular weight excluding hydrogens is 268 g/mol. The summed E-state index contributed by atoms with van der Waals surface area (Å²) >= 11 is 0. The van der Waals surface area contributed by atoms with Crippen LogP contribution in [0.15, 0.2) is 18.2 Å². The van der Waals surface area contributed by atoms with Crippen molar-refractivity contribution >= 4 is 11.6 Å². The van der Waals surface area contributed by atoms with Crippen LogP contribution in [0.5, 0.6) is 5.75 Å². The van der Waals surface area contributed by atoms with E-state index in [4.69, 9.17) is 10.5 Å². The summed E-state index contributed by atoms with van der Waals surface area (Å²) in [4.78, 5) is 12.4. The number of amides is 1. The van der Waals surface area contributed by atoms with Gasteiger partial charge in [0, 0.05) is 12.2 Å². The largest absolute Gasteiger partial charge is 0.493 e. The molecule has 1 aliphatic rings. The van der Waals surface area contributed by atoms with Crippen molar-refractivity contribution in [3.63, 3.8) is 0 Å². The number of carbonyl (C=O) groups is 1. The van der Waals surface area contributed by atoms with Crippen molar-refractivity contribution in [1.29, 1.82) is 0 Å². The van der Waals surface area contributed by atoms with Crippen LogP contribution in [0.2, 0.25) is 0 Å². The highest BCUT2D eigenvalue weighted by molar-refractivity contribution is 6.01. The Balaban J connectivity index is 2.06. The molecule has 0 saturated heterocycles. The molecule has 4 N–H and O–H groups in total. The topological polar surface area (TPSA) is 84.6 Å². The maximum Gasteiger partial charge on any atom is 0.257 e. The van der Waals surface area contributed by atoms with E-state index in [1.54, 1.807) is 18.2 Å². The van der Waals surface area contributed by atoms with Crippen LogP contribution in [-0.4, -0.2) is 29.8 Å². The van der Waals surface area contributed by atoms with Crippen LogP contribution < -0.4 is 15.8 Å². The first-order valence-electron chi connectivity index (χ1n) is 7.57. The van der Waals surface area contributed by atoms with Gasteiger partial charge >= 0.3 is 0 Å². The van der Waals surface area contributed by atoms with Gasteiger partial charge in [-0.3, -0.25) is 4.79 Å². The number of hydrogen-bond acceptors (Lipinski definition) is 4. The number of anilines is 1. The molecule has 0 aliphatic heterocycles. The van der Waals surface area contributed by atoms with Gasteiger partial charge in [-0.15, -0.1) is 0 Å². The number of rotatable bonds is 5. The Morgan fingerprint density at radius 3 is 2.76 bits per heavy atom. The maximum atomic E-state index is 12.4. The highest BCUT2D eigenvalue weighted by Crippen LogP contribution is 2.28. The molecule has 1 fully saturated rings. The van der Waals surface area contributed by atoms with Crippen LogP contribution in [0, 0.1) is 0 Å². The van der Waals surface area contributed by atoms with E-state index in [0.717, 1.165) is 32.1 Å². The number of benzene rings is 1. The number of nitrogen functional groups attached to an aromatic ring is 1. The zero-order valence-electron chi connectivity index (χ0n) is 12.5. The van der Waals surface area contributed by atoms with Crippen LogP contribution >= 0.6 is 0 Å². The summed E-state index contributed by atoms with van der Waals surface area (Å²) in [5.74, 6) is 0.182. The molecule has 21 heavy (non-hydrogen) atoms. The third-order valence-electron chi connectivity index (χ3n) is 3.95. The lowest BCUT2D eigenvalue weighted by Crippen LogP contribution is -2.44. The van der Waals surface area contributed by atoms with Gasteiger partial charge in [0.25, 0.3) is 5.91 Å². The van der Waals surface area contributed by atoms with Crippen molar-refractivity contribution in [2.45, 2.75) is 44.6 Å². The first kappa shape index (κ1) is 15.6. The second kappa shape index (κ2) is 6.80. The third kappa shape index (κ3) is 3.88.